The summed E-state index contributed by atoms with van der Waals surface area (Å²) in [7, 11) is -1.12. The predicted octanol–water partition coefficient (Wildman–Crippen LogP) is 3.92. The molecule has 0 bridgehead atoms. The Bertz CT molecular complexity index is 120. The summed E-state index contributed by atoms with van der Waals surface area (Å²) < 4.78 is 5.68. The number of hydrogen-bond donors (Lipinski definition) is 1. The smallest absolute Gasteiger partial charge is 0.235 e. The van der Waals surface area contributed by atoms with E-state index < -0.39 is 8.19 Å². The molecule has 0 spiro atoms. The Morgan fingerprint density at radius 3 is 2.21 bits per heavy atom. The predicted molar refractivity (Wildman–Crippen MR) is 70.5 cm³/mol. The second-order valence-corrected chi connectivity index (χ2v) is 7.68. The van der Waals surface area contributed by atoms with Gasteiger partial charge in [-0.1, -0.05) is 45.4 Å². The highest BCUT2D eigenvalue weighted by Crippen LogP contribution is 2.12. The van der Waals surface area contributed by atoms with E-state index in [2.05, 4.69) is 32.8 Å². The van der Waals surface area contributed by atoms with Crippen molar-refractivity contribution in [3.63, 3.8) is 0 Å². The molecule has 0 N–H and O–H groups in total. The molecule has 0 aliphatic heterocycles. The number of unbranched alkanes of at least 4 members (excludes halogenated alkanes) is 5. The molecule has 0 aliphatic rings. The first-order valence-electron chi connectivity index (χ1n) is 6.00. The van der Waals surface area contributed by atoms with Gasteiger partial charge in [0.2, 0.25) is 8.19 Å². The summed E-state index contributed by atoms with van der Waals surface area (Å²) in [6.45, 7) is 6.45. The quantitative estimate of drug-likeness (QED) is 0.361. The molecule has 1 atom stereocenters. The van der Waals surface area contributed by atoms with Gasteiger partial charge in [-0.05, 0) is 19.9 Å². The number of rotatable bonds is 9. The lowest BCUT2D eigenvalue weighted by atomic mass is 10.1. The normalized spacial score (nSPS) is 13.5. The molecule has 1 nitrogen and oxygen atoms in total. The van der Waals surface area contributed by atoms with Crippen LogP contribution in [0.2, 0.25) is 6.04 Å². The highest BCUT2D eigenvalue weighted by molar-refractivity contribution is 8.09. The van der Waals surface area contributed by atoms with Gasteiger partial charge in [-0.3, -0.25) is 0 Å². The maximum absolute atomic E-state index is 5.68. The molecule has 3 heteroatoms. The zero-order chi connectivity index (χ0) is 10.8. The minimum Gasteiger partial charge on any atom is -0.408 e. The molecule has 0 saturated carbocycles. The summed E-state index contributed by atoms with van der Waals surface area (Å²) in [5.41, 5.74) is 0. The molecule has 0 aromatic carbocycles. The third-order valence-corrected chi connectivity index (χ3v) is 5.13. The van der Waals surface area contributed by atoms with Crippen LogP contribution >= 0.6 is 12.1 Å². The van der Waals surface area contributed by atoms with Crippen molar-refractivity contribution in [2.45, 2.75) is 71.4 Å². The molecule has 0 amide bonds. The molecule has 0 fully saturated rings. The highest BCUT2D eigenvalue weighted by Gasteiger charge is 2.07. The fourth-order valence-electron chi connectivity index (χ4n) is 1.48. The van der Waals surface area contributed by atoms with E-state index in [0.29, 0.717) is 6.10 Å². The minimum absolute atomic E-state index is 0.365. The van der Waals surface area contributed by atoms with Crippen LogP contribution in [0, 0.1) is 0 Å². The van der Waals surface area contributed by atoms with Gasteiger partial charge in [-0.25, -0.2) is 0 Å². The van der Waals surface area contributed by atoms with Crippen LogP contribution in [-0.4, -0.2) is 14.3 Å². The Kier molecular flexibility index (Phi) is 10.4. The standard InChI is InChI=1S/C11H26OSSi/c1-4-5-6-7-8-9-10-14(13)12-11(2)3/h11,13-14H,4-10H2,1-3H3. The molecule has 0 rings (SSSR count). The molecule has 0 saturated heterocycles. The minimum atomic E-state index is -1.12. The molecular weight excluding hydrogens is 208 g/mol. The van der Waals surface area contributed by atoms with Crippen LogP contribution in [0.15, 0.2) is 0 Å². The Morgan fingerprint density at radius 1 is 1.07 bits per heavy atom. The lowest BCUT2D eigenvalue weighted by Crippen LogP contribution is -2.15. The lowest BCUT2D eigenvalue weighted by molar-refractivity contribution is 0.251. The zero-order valence-electron chi connectivity index (χ0n) is 9.96. The van der Waals surface area contributed by atoms with Crippen molar-refractivity contribution >= 4 is 20.3 Å². The van der Waals surface area contributed by atoms with Gasteiger partial charge in [0.05, 0.1) is 0 Å². The highest BCUT2D eigenvalue weighted by atomic mass is 32.3. The van der Waals surface area contributed by atoms with E-state index in [0.717, 1.165) is 0 Å². The van der Waals surface area contributed by atoms with Crippen LogP contribution in [0.5, 0.6) is 0 Å². The van der Waals surface area contributed by atoms with Gasteiger partial charge in [-0.2, -0.15) is 12.1 Å². The maximum Gasteiger partial charge on any atom is 0.235 e. The number of thiol groups is 1. The maximum atomic E-state index is 5.68. The molecule has 0 aliphatic carbocycles. The van der Waals surface area contributed by atoms with Crippen LogP contribution in [-0.2, 0) is 4.43 Å². The average Bonchev–Trinajstić information content (AvgIpc) is 2.10. The van der Waals surface area contributed by atoms with Gasteiger partial charge < -0.3 is 4.43 Å². The van der Waals surface area contributed by atoms with E-state index >= 15 is 0 Å². The first-order valence-corrected chi connectivity index (χ1v) is 9.35. The molecule has 1 unspecified atom stereocenters. The Hall–Kier alpha value is 0.527. The van der Waals surface area contributed by atoms with Crippen molar-refractivity contribution in [1.82, 2.24) is 0 Å². The van der Waals surface area contributed by atoms with Crippen molar-refractivity contribution in [3.8, 4) is 0 Å². The van der Waals surface area contributed by atoms with Crippen molar-refractivity contribution in [3.05, 3.63) is 0 Å². The fraction of sp³-hybridized carbons (Fsp3) is 1.00. The van der Waals surface area contributed by atoms with E-state index in [1.165, 1.54) is 44.6 Å². The summed E-state index contributed by atoms with van der Waals surface area (Å²) in [6, 6.07) is 1.23. The number of hydrogen-bond acceptors (Lipinski definition) is 2. The Morgan fingerprint density at radius 2 is 1.64 bits per heavy atom. The zero-order valence-corrected chi connectivity index (χ0v) is 12.0. The third-order valence-electron chi connectivity index (χ3n) is 2.23. The van der Waals surface area contributed by atoms with E-state index in [9.17, 15) is 0 Å². The summed E-state index contributed by atoms with van der Waals surface area (Å²) in [5, 5.41) is 0. The molecule has 0 aromatic rings. The van der Waals surface area contributed by atoms with Gasteiger partial charge in [0.1, 0.15) is 0 Å². The molecule has 0 radical (unpaired) electrons. The van der Waals surface area contributed by atoms with Crippen molar-refractivity contribution in [1.29, 1.82) is 0 Å². The van der Waals surface area contributed by atoms with Gasteiger partial charge in [0, 0.05) is 6.10 Å². The van der Waals surface area contributed by atoms with E-state index in [-0.39, 0.29) is 0 Å². The second kappa shape index (κ2) is 10.1. The van der Waals surface area contributed by atoms with Crippen LogP contribution in [0.1, 0.15) is 59.3 Å². The van der Waals surface area contributed by atoms with E-state index in [1.54, 1.807) is 0 Å². The van der Waals surface area contributed by atoms with Gasteiger partial charge in [0.25, 0.3) is 0 Å². The Balaban J connectivity index is 3.10. The second-order valence-electron chi connectivity index (χ2n) is 4.20. The van der Waals surface area contributed by atoms with Gasteiger partial charge >= 0.3 is 0 Å². The average molecular weight is 234 g/mol. The summed E-state index contributed by atoms with van der Waals surface area (Å²) >= 11 is 4.53. The molecule has 86 valence electrons. The van der Waals surface area contributed by atoms with Crippen molar-refractivity contribution < 1.29 is 4.43 Å². The van der Waals surface area contributed by atoms with Crippen LogP contribution in [0.4, 0.5) is 0 Å². The van der Waals surface area contributed by atoms with Crippen LogP contribution in [0.25, 0.3) is 0 Å². The largest absolute Gasteiger partial charge is 0.408 e. The van der Waals surface area contributed by atoms with Gasteiger partial charge in [-0.15, -0.1) is 0 Å². The monoisotopic (exact) mass is 234 g/mol. The fourth-order valence-corrected chi connectivity index (χ4v) is 4.16. The van der Waals surface area contributed by atoms with E-state index in [1.807, 2.05) is 0 Å². The lowest BCUT2D eigenvalue weighted by Gasteiger charge is -2.13. The van der Waals surface area contributed by atoms with Crippen molar-refractivity contribution in [2.24, 2.45) is 0 Å². The molecular formula is C11H26OSSi. The third kappa shape index (κ3) is 10.6. The topological polar surface area (TPSA) is 9.23 Å². The summed E-state index contributed by atoms with van der Waals surface area (Å²) in [4.78, 5) is 0. The Labute approximate surface area is 96.4 Å². The molecule has 14 heavy (non-hydrogen) atoms. The summed E-state index contributed by atoms with van der Waals surface area (Å²) in [5.74, 6) is 0. The van der Waals surface area contributed by atoms with Gasteiger partial charge in [0.15, 0.2) is 0 Å². The summed E-state index contributed by atoms with van der Waals surface area (Å²) in [6.07, 6.45) is 8.57. The van der Waals surface area contributed by atoms with Crippen LogP contribution < -0.4 is 0 Å². The van der Waals surface area contributed by atoms with Crippen molar-refractivity contribution in [2.75, 3.05) is 0 Å². The van der Waals surface area contributed by atoms with E-state index in [4.69, 9.17) is 4.43 Å². The SMILES string of the molecule is CCCCCCCC[SiH](S)OC(C)C. The first-order chi connectivity index (χ1) is 6.66. The molecule has 0 heterocycles. The molecule has 0 aromatic heterocycles. The van der Waals surface area contributed by atoms with Crippen LogP contribution in [0.3, 0.4) is 0 Å². The first kappa shape index (κ1) is 14.5.